The lowest BCUT2D eigenvalue weighted by molar-refractivity contribution is -0.207. The fourth-order valence-corrected chi connectivity index (χ4v) is 4.40. The van der Waals surface area contributed by atoms with E-state index in [2.05, 4.69) is 15.9 Å². The van der Waals surface area contributed by atoms with Gasteiger partial charge in [0.2, 0.25) is 5.72 Å². The molecule has 5 heteroatoms. The molecule has 1 aliphatic heterocycles. The van der Waals surface area contributed by atoms with Gasteiger partial charge >= 0.3 is 0 Å². The van der Waals surface area contributed by atoms with Gasteiger partial charge in [0.15, 0.2) is 0 Å². The van der Waals surface area contributed by atoms with Gasteiger partial charge < -0.3 is 0 Å². The first-order valence-electron chi connectivity index (χ1n) is 5.72. The van der Waals surface area contributed by atoms with Crippen molar-refractivity contribution in [1.29, 1.82) is 0 Å². The van der Waals surface area contributed by atoms with Gasteiger partial charge in [-0.3, -0.25) is 0 Å². The van der Waals surface area contributed by atoms with Crippen molar-refractivity contribution in [2.24, 2.45) is 34.0 Å². The van der Waals surface area contributed by atoms with E-state index in [4.69, 9.17) is 4.84 Å². The number of nitrogens with one attached hydrogen (secondary N) is 1. The van der Waals surface area contributed by atoms with Gasteiger partial charge in [0.05, 0.1) is 0 Å². The second-order valence-electron chi connectivity index (χ2n) is 5.45. The van der Waals surface area contributed by atoms with Gasteiger partial charge in [-0.05, 0) is 43.9 Å². The standard InChI is InChI=1S/C10H15N3O.ClH/c1-6-2-8-4-7(1)5-9(3-6)10(8)11-12-13-14-10;/h6-9H,1-5H2,(H,11,13);1H. The van der Waals surface area contributed by atoms with Gasteiger partial charge in [0.1, 0.15) is 0 Å². The van der Waals surface area contributed by atoms with Gasteiger partial charge in [-0.1, -0.05) is 5.22 Å². The van der Waals surface area contributed by atoms with Crippen LogP contribution >= 0.6 is 12.4 Å². The number of hydrogen-bond donors (Lipinski definition) is 1. The van der Waals surface area contributed by atoms with Crippen molar-refractivity contribution in [2.75, 3.05) is 0 Å². The lowest BCUT2D eigenvalue weighted by Gasteiger charge is -2.56. The summed E-state index contributed by atoms with van der Waals surface area (Å²) in [5.74, 6) is 3.19. The third-order valence-electron chi connectivity index (χ3n) is 4.76. The molecule has 5 aliphatic rings. The molecule has 0 aromatic heterocycles. The molecule has 0 aromatic carbocycles. The maximum absolute atomic E-state index is 5.63. The summed E-state index contributed by atoms with van der Waals surface area (Å²) in [7, 11) is 0. The van der Waals surface area contributed by atoms with E-state index in [0.29, 0.717) is 11.8 Å². The molecule has 0 unspecified atom stereocenters. The first kappa shape index (κ1) is 9.85. The van der Waals surface area contributed by atoms with E-state index in [1.54, 1.807) is 0 Å². The zero-order chi connectivity index (χ0) is 9.17. The molecule has 4 bridgehead atoms. The molecule has 1 spiro atoms. The summed E-state index contributed by atoms with van der Waals surface area (Å²) in [6, 6.07) is 0. The predicted molar refractivity (Wildman–Crippen MR) is 56.1 cm³/mol. The highest BCUT2D eigenvalue weighted by Gasteiger charge is 2.60. The molecule has 5 rings (SSSR count). The first-order valence-corrected chi connectivity index (χ1v) is 5.72. The van der Waals surface area contributed by atoms with Crippen LogP contribution in [0.3, 0.4) is 0 Å². The van der Waals surface area contributed by atoms with E-state index in [1.807, 2.05) is 0 Å². The first-order chi connectivity index (χ1) is 6.87. The molecule has 4 saturated carbocycles. The summed E-state index contributed by atoms with van der Waals surface area (Å²) in [6.45, 7) is 0. The third-order valence-corrected chi connectivity index (χ3v) is 4.76. The number of rotatable bonds is 0. The number of hydrogen-bond acceptors (Lipinski definition) is 4. The van der Waals surface area contributed by atoms with Crippen molar-refractivity contribution >= 4 is 12.4 Å². The SMILES string of the molecule is C1C2CC3CC1CC(C2)C31N=NNO1.Cl. The van der Waals surface area contributed by atoms with E-state index in [-0.39, 0.29) is 18.1 Å². The molecule has 0 saturated heterocycles. The van der Waals surface area contributed by atoms with Crippen LogP contribution in [-0.4, -0.2) is 5.72 Å². The molecule has 0 aromatic rings. The van der Waals surface area contributed by atoms with Crippen LogP contribution in [0.25, 0.3) is 0 Å². The fraction of sp³-hybridized carbons (Fsp3) is 1.00. The summed E-state index contributed by atoms with van der Waals surface area (Å²) in [5, 5.41) is 8.19. The molecule has 0 atom stereocenters. The Morgan fingerprint density at radius 1 is 1.00 bits per heavy atom. The Morgan fingerprint density at radius 3 is 2.07 bits per heavy atom. The van der Waals surface area contributed by atoms with Crippen LogP contribution in [-0.2, 0) is 4.84 Å². The molecule has 15 heavy (non-hydrogen) atoms. The Hall–Kier alpha value is -0.350. The molecular formula is C10H16ClN3O. The summed E-state index contributed by atoms with van der Waals surface area (Å²) < 4.78 is 0. The van der Waals surface area contributed by atoms with E-state index >= 15 is 0 Å². The molecule has 84 valence electrons. The zero-order valence-corrected chi connectivity index (χ0v) is 9.37. The Morgan fingerprint density at radius 2 is 1.60 bits per heavy atom. The summed E-state index contributed by atoms with van der Waals surface area (Å²) in [4.78, 5) is 5.63. The van der Waals surface area contributed by atoms with Gasteiger partial charge in [0, 0.05) is 11.8 Å². The second kappa shape index (κ2) is 3.08. The van der Waals surface area contributed by atoms with Crippen LogP contribution < -0.4 is 5.59 Å². The van der Waals surface area contributed by atoms with Crippen LogP contribution in [0.2, 0.25) is 0 Å². The zero-order valence-electron chi connectivity index (χ0n) is 8.56. The minimum atomic E-state index is -0.257. The molecule has 4 aliphatic carbocycles. The van der Waals surface area contributed by atoms with Crippen molar-refractivity contribution in [2.45, 2.75) is 37.8 Å². The lowest BCUT2D eigenvalue weighted by Crippen LogP contribution is -2.57. The number of halogens is 1. The monoisotopic (exact) mass is 229 g/mol. The largest absolute Gasteiger partial charge is 0.225 e. The van der Waals surface area contributed by atoms with Crippen LogP contribution in [0.15, 0.2) is 10.3 Å². The minimum absolute atomic E-state index is 0. The smallest absolute Gasteiger partial charge is 0.214 e. The molecule has 0 radical (unpaired) electrons. The highest BCUT2D eigenvalue weighted by Crippen LogP contribution is 2.60. The van der Waals surface area contributed by atoms with Crippen LogP contribution in [0.4, 0.5) is 0 Å². The molecule has 4 fully saturated rings. The lowest BCUT2D eigenvalue weighted by atomic mass is 9.52. The minimum Gasteiger partial charge on any atom is -0.225 e. The second-order valence-corrected chi connectivity index (χ2v) is 5.45. The summed E-state index contributed by atoms with van der Waals surface area (Å²) >= 11 is 0. The van der Waals surface area contributed by atoms with Crippen molar-refractivity contribution in [1.82, 2.24) is 5.59 Å². The Bertz CT molecular complexity index is 279. The average Bonchev–Trinajstić information content (AvgIpc) is 2.63. The molecular weight excluding hydrogens is 214 g/mol. The van der Waals surface area contributed by atoms with Crippen LogP contribution in [0.5, 0.6) is 0 Å². The quantitative estimate of drug-likeness (QED) is 0.694. The van der Waals surface area contributed by atoms with Gasteiger partial charge in [-0.25, -0.2) is 4.84 Å². The van der Waals surface area contributed by atoms with Crippen molar-refractivity contribution < 1.29 is 4.84 Å². The third kappa shape index (κ3) is 1.12. The van der Waals surface area contributed by atoms with E-state index in [0.717, 1.165) is 11.8 Å². The van der Waals surface area contributed by atoms with E-state index in [9.17, 15) is 0 Å². The Labute approximate surface area is 95.2 Å². The van der Waals surface area contributed by atoms with Crippen molar-refractivity contribution in [3.05, 3.63) is 0 Å². The normalized spacial score (nSPS) is 54.4. The predicted octanol–water partition coefficient (Wildman–Crippen LogP) is 2.46. The average molecular weight is 230 g/mol. The Kier molecular flexibility index (Phi) is 2.02. The maximum Gasteiger partial charge on any atom is 0.214 e. The van der Waals surface area contributed by atoms with Gasteiger partial charge in [-0.15, -0.1) is 17.5 Å². The Balaban J connectivity index is 0.000000722. The van der Waals surface area contributed by atoms with Crippen molar-refractivity contribution in [3.8, 4) is 0 Å². The fourth-order valence-electron chi connectivity index (χ4n) is 4.40. The van der Waals surface area contributed by atoms with Gasteiger partial charge in [0.25, 0.3) is 0 Å². The van der Waals surface area contributed by atoms with Crippen LogP contribution in [0.1, 0.15) is 32.1 Å². The topological polar surface area (TPSA) is 46.0 Å². The van der Waals surface area contributed by atoms with E-state index in [1.165, 1.54) is 32.1 Å². The van der Waals surface area contributed by atoms with Gasteiger partial charge in [-0.2, -0.15) is 5.59 Å². The van der Waals surface area contributed by atoms with Crippen LogP contribution in [0, 0.1) is 23.7 Å². The summed E-state index contributed by atoms with van der Waals surface area (Å²) in [6.07, 6.45) is 6.72. The molecule has 4 nitrogen and oxygen atoms in total. The molecule has 0 amide bonds. The number of nitrogens with zero attached hydrogens (tertiary/aromatic N) is 2. The molecule has 1 N–H and O–H groups in total. The molecule has 1 heterocycles. The summed E-state index contributed by atoms with van der Waals surface area (Å²) in [5.41, 5.74) is 2.34. The highest BCUT2D eigenvalue weighted by atomic mass is 35.5. The highest BCUT2D eigenvalue weighted by molar-refractivity contribution is 5.85. The van der Waals surface area contributed by atoms with Crippen molar-refractivity contribution in [3.63, 3.8) is 0 Å². The van der Waals surface area contributed by atoms with E-state index < -0.39 is 0 Å². The maximum atomic E-state index is 5.63.